The minimum absolute atomic E-state index is 0.0434. The van der Waals surface area contributed by atoms with Gasteiger partial charge in [-0.3, -0.25) is 0 Å². The van der Waals surface area contributed by atoms with Crippen molar-refractivity contribution in [1.29, 1.82) is 10.5 Å². The summed E-state index contributed by atoms with van der Waals surface area (Å²) in [5, 5.41) is 18.1. The van der Waals surface area contributed by atoms with E-state index >= 15 is 0 Å². The zero-order chi connectivity index (χ0) is 19.8. The van der Waals surface area contributed by atoms with Gasteiger partial charge in [-0.05, 0) is 37.6 Å². The summed E-state index contributed by atoms with van der Waals surface area (Å²) in [4.78, 5) is 0. The third-order valence-corrected chi connectivity index (χ3v) is 3.71. The summed E-state index contributed by atoms with van der Waals surface area (Å²) < 4.78 is 22.6. The number of ether oxygens (including phenoxy) is 4. The number of rotatable bonds is 8. The number of hydrogen-bond donors (Lipinski definition) is 0. The van der Waals surface area contributed by atoms with E-state index in [0.29, 0.717) is 34.3 Å². The fraction of sp³-hybridized carbons (Fsp3) is 0.333. The molecule has 2 rings (SSSR count). The highest BCUT2D eigenvalue weighted by atomic mass is 16.5. The highest BCUT2D eigenvalue weighted by molar-refractivity contribution is 5.54. The minimum atomic E-state index is -0.0434. The summed E-state index contributed by atoms with van der Waals surface area (Å²) in [6, 6.07) is 13.0. The molecule has 0 aliphatic heterocycles. The molecule has 0 aliphatic carbocycles. The van der Waals surface area contributed by atoms with Crippen LogP contribution in [-0.4, -0.2) is 20.3 Å². The summed E-state index contributed by atoms with van der Waals surface area (Å²) >= 11 is 0. The summed E-state index contributed by atoms with van der Waals surface area (Å²) in [5.41, 5.74) is 1.47. The summed E-state index contributed by atoms with van der Waals surface area (Å²) in [6.07, 6.45) is 0.363. The van der Waals surface area contributed by atoms with E-state index in [1.165, 1.54) is 14.2 Å². The average molecular weight is 366 g/mol. The van der Waals surface area contributed by atoms with Gasteiger partial charge in [0.05, 0.1) is 45.3 Å². The smallest absolute Gasteiger partial charge is 0.169 e. The Balaban J connectivity index is 2.52. The number of benzene rings is 2. The van der Waals surface area contributed by atoms with Gasteiger partial charge in [0.25, 0.3) is 0 Å². The molecule has 0 amide bonds. The van der Waals surface area contributed by atoms with Gasteiger partial charge in [0.15, 0.2) is 23.0 Å². The molecule has 0 heterocycles. The Bertz CT molecular complexity index is 879. The Morgan fingerprint density at radius 3 is 2.07 bits per heavy atom. The van der Waals surface area contributed by atoms with Crippen LogP contribution in [0.15, 0.2) is 30.3 Å². The fourth-order valence-electron chi connectivity index (χ4n) is 2.52. The zero-order valence-electron chi connectivity index (χ0n) is 15.9. The minimum Gasteiger partial charge on any atom is -0.493 e. The predicted octanol–water partition coefficient (Wildman–Crippen LogP) is 4.42. The van der Waals surface area contributed by atoms with Crippen LogP contribution in [0.4, 0.5) is 0 Å². The lowest BCUT2D eigenvalue weighted by molar-refractivity contribution is 0.233. The van der Waals surface area contributed by atoms with E-state index in [1.807, 2.05) is 19.9 Å². The molecule has 0 radical (unpaired) electrons. The molecule has 0 aliphatic rings. The number of methoxy groups -OCH3 is 2. The number of nitrogens with zero attached hydrogens (tertiary/aromatic N) is 2. The van der Waals surface area contributed by atoms with E-state index in [-0.39, 0.29) is 18.9 Å². The van der Waals surface area contributed by atoms with E-state index in [2.05, 4.69) is 12.1 Å². The maximum atomic E-state index is 9.15. The van der Waals surface area contributed by atoms with Gasteiger partial charge in [-0.2, -0.15) is 10.5 Å². The maximum Gasteiger partial charge on any atom is 0.169 e. The zero-order valence-corrected chi connectivity index (χ0v) is 15.9. The van der Waals surface area contributed by atoms with Crippen molar-refractivity contribution in [3.8, 4) is 40.9 Å². The van der Waals surface area contributed by atoms with Crippen molar-refractivity contribution in [2.24, 2.45) is 0 Å². The molecule has 27 heavy (non-hydrogen) atoms. The standard InChI is InChI=1S/C21H22N2O4/c1-14(2)26-17-6-5-15(7-9-22)11-21(17)27-18-13-20(25-4)19(24-3)12-16(18)8-10-23/h5-6,11-14H,7-8H2,1-4H3. The van der Waals surface area contributed by atoms with Gasteiger partial charge in [0.2, 0.25) is 0 Å². The monoisotopic (exact) mass is 366 g/mol. The van der Waals surface area contributed by atoms with E-state index in [0.717, 1.165) is 5.56 Å². The Kier molecular flexibility index (Phi) is 6.91. The van der Waals surface area contributed by atoms with Gasteiger partial charge in [-0.25, -0.2) is 0 Å². The third-order valence-electron chi connectivity index (χ3n) is 3.71. The molecule has 0 saturated heterocycles. The highest BCUT2D eigenvalue weighted by Gasteiger charge is 2.16. The maximum absolute atomic E-state index is 9.15. The average Bonchev–Trinajstić information content (AvgIpc) is 2.64. The Hall–Kier alpha value is -3.38. The van der Waals surface area contributed by atoms with Crippen LogP contribution in [0.25, 0.3) is 0 Å². The molecular formula is C21H22N2O4. The van der Waals surface area contributed by atoms with Crippen molar-refractivity contribution in [2.45, 2.75) is 32.8 Å². The molecule has 2 aromatic carbocycles. The molecular weight excluding hydrogens is 344 g/mol. The van der Waals surface area contributed by atoms with Crippen LogP contribution in [0, 0.1) is 22.7 Å². The molecule has 0 fully saturated rings. The van der Waals surface area contributed by atoms with Crippen LogP contribution >= 0.6 is 0 Å². The molecule has 0 saturated carbocycles. The Morgan fingerprint density at radius 2 is 1.48 bits per heavy atom. The SMILES string of the molecule is COc1cc(CC#N)c(Oc2cc(CC#N)ccc2OC(C)C)cc1OC. The van der Waals surface area contributed by atoms with Crippen LogP contribution in [0.2, 0.25) is 0 Å². The van der Waals surface area contributed by atoms with Crippen molar-refractivity contribution in [3.63, 3.8) is 0 Å². The molecule has 6 heteroatoms. The summed E-state index contributed by atoms with van der Waals surface area (Å²) in [7, 11) is 3.07. The second-order valence-electron chi connectivity index (χ2n) is 6.03. The normalized spacial score (nSPS) is 10.0. The van der Waals surface area contributed by atoms with Crippen molar-refractivity contribution in [1.82, 2.24) is 0 Å². The molecule has 0 spiro atoms. The largest absolute Gasteiger partial charge is 0.493 e. The van der Waals surface area contributed by atoms with E-state index < -0.39 is 0 Å². The van der Waals surface area contributed by atoms with E-state index in [4.69, 9.17) is 29.5 Å². The van der Waals surface area contributed by atoms with Crippen molar-refractivity contribution >= 4 is 0 Å². The molecule has 0 N–H and O–H groups in total. The van der Waals surface area contributed by atoms with Crippen LogP contribution < -0.4 is 18.9 Å². The van der Waals surface area contributed by atoms with Crippen LogP contribution in [0.3, 0.4) is 0 Å². The van der Waals surface area contributed by atoms with Gasteiger partial charge in [0.1, 0.15) is 5.75 Å². The first-order valence-electron chi connectivity index (χ1n) is 8.48. The number of nitriles is 2. The van der Waals surface area contributed by atoms with Crippen LogP contribution in [0.5, 0.6) is 28.7 Å². The van der Waals surface area contributed by atoms with E-state index in [9.17, 15) is 0 Å². The Labute approximate surface area is 159 Å². The predicted molar refractivity (Wildman–Crippen MR) is 100 cm³/mol. The molecule has 140 valence electrons. The number of hydrogen-bond acceptors (Lipinski definition) is 6. The summed E-state index contributed by atoms with van der Waals surface area (Å²) in [5.74, 6) is 2.52. The molecule has 0 bridgehead atoms. The lowest BCUT2D eigenvalue weighted by Crippen LogP contribution is -2.07. The first-order chi connectivity index (χ1) is 13.0. The second kappa shape index (κ2) is 9.35. The fourth-order valence-corrected chi connectivity index (χ4v) is 2.52. The van der Waals surface area contributed by atoms with Gasteiger partial charge in [-0.15, -0.1) is 0 Å². The van der Waals surface area contributed by atoms with E-state index in [1.54, 1.807) is 24.3 Å². The lowest BCUT2D eigenvalue weighted by Gasteiger charge is -2.18. The van der Waals surface area contributed by atoms with Crippen LogP contribution in [0.1, 0.15) is 25.0 Å². The first kappa shape index (κ1) is 19.9. The topological polar surface area (TPSA) is 84.5 Å². The second-order valence-corrected chi connectivity index (χ2v) is 6.03. The molecule has 6 nitrogen and oxygen atoms in total. The van der Waals surface area contributed by atoms with Gasteiger partial charge in [0, 0.05) is 11.6 Å². The Morgan fingerprint density at radius 1 is 0.815 bits per heavy atom. The lowest BCUT2D eigenvalue weighted by atomic mass is 10.1. The molecule has 2 aromatic rings. The molecule has 0 aromatic heterocycles. The molecule has 0 unspecified atom stereocenters. The summed E-state index contributed by atoms with van der Waals surface area (Å²) in [6.45, 7) is 3.84. The quantitative estimate of drug-likeness (QED) is 0.688. The highest BCUT2D eigenvalue weighted by Crippen LogP contribution is 2.40. The van der Waals surface area contributed by atoms with Gasteiger partial charge < -0.3 is 18.9 Å². The first-order valence-corrected chi connectivity index (χ1v) is 8.48. The van der Waals surface area contributed by atoms with Crippen LogP contribution in [-0.2, 0) is 12.8 Å². The van der Waals surface area contributed by atoms with Gasteiger partial charge in [-0.1, -0.05) is 6.07 Å². The van der Waals surface area contributed by atoms with Gasteiger partial charge >= 0.3 is 0 Å². The van der Waals surface area contributed by atoms with Crippen molar-refractivity contribution < 1.29 is 18.9 Å². The molecule has 0 atom stereocenters. The van der Waals surface area contributed by atoms with Crippen molar-refractivity contribution in [2.75, 3.05) is 14.2 Å². The van der Waals surface area contributed by atoms with Crippen molar-refractivity contribution in [3.05, 3.63) is 41.5 Å². The third kappa shape index (κ3) is 5.05.